The quantitative estimate of drug-likeness (QED) is 0.463. The van der Waals surface area contributed by atoms with Gasteiger partial charge in [-0.15, -0.1) is 0 Å². The van der Waals surface area contributed by atoms with E-state index in [1.54, 1.807) is 24.3 Å². The first-order chi connectivity index (χ1) is 15.8. The molecule has 12 heteroatoms. The number of aromatic nitrogens is 1. The van der Waals surface area contributed by atoms with Crippen LogP contribution in [0.2, 0.25) is 0 Å². The monoisotopic (exact) mass is 490 g/mol. The summed E-state index contributed by atoms with van der Waals surface area (Å²) in [6.45, 7) is 2.30. The normalized spacial score (nSPS) is 13.4. The third-order valence-corrected chi connectivity index (χ3v) is 7.02. The summed E-state index contributed by atoms with van der Waals surface area (Å²) >= 11 is 1.26. The Labute approximate surface area is 194 Å². The number of rotatable bonds is 7. The van der Waals surface area contributed by atoms with E-state index in [9.17, 15) is 18.0 Å². The molecule has 3 aromatic rings. The number of ether oxygens (including phenoxy) is 2. The van der Waals surface area contributed by atoms with Gasteiger partial charge >= 0.3 is 0 Å². The number of benzene rings is 2. The van der Waals surface area contributed by atoms with Crippen molar-refractivity contribution in [2.45, 2.75) is 24.7 Å². The lowest BCUT2D eigenvalue weighted by Gasteiger charge is -2.10. The highest BCUT2D eigenvalue weighted by molar-refractivity contribution is 7.89. The number of amides is 2. The molecule has 174 valence electrons. The van der Waals surface area contributed by atoms with Gasteiger partial charge in [0.2, 0.25) is 21.8 Å². The molecule has 3 N–H and O–H groups in total. The summed E-state index contributed by atoms with van der Waals surface area (Å²) in [4.78, 5) is 27.8. The zero-order valence-electron chi connectivity index (χ0n) is 17.7. The Morgan fingerprint density at radius 2 is 1.85 bits per heavy atom. The Hall–Kier alpha value is -3.22. The highest BCUT2D eigenvalue weighted by Crippen LogP contribution is 2.32. The molecule has 10 nitrogen and oxygen atoms in total. The molecular formula is C21H22N4O6S2. The highest BCUT2D eigenvalue weighted by Gasteiger charge is 2.19. The molecule has 0 saturated heterocycles. The van der Waals surface area contributed by atoms with Crippen molar-refractivity contribution in [2.75, 3.05) is 30.4 Å². The summed E-state index contributed by atoms with van der Waals surface area (Å²) in [5.41, 5.74) is 1.32. The lowest BCUT2D eigenvalue weighted by Crippen LogP contribution is -2.27. The summed E-state index contributed by atoms with van der Waals surface area (Å²) in [6.07, 6.45) is 0.645. The van der Waals surface area contributed by atoms with Crippen molar-refractivity contribution in [1.29, 1.82) is 0 Å². The van der Waals surface area contributed by atoms with Crippen LogP contribution in [0.25, 0.3) is 10.2 Å². The predicted molar refractivity (Wildman–Crippen MR) is 124 cm³/mol. The molecule has 0 radical (unpaired) electrons. The van der Waals surface area contributed by atoms with Gasteiger partial charge in [-0.3, -0.25) is 9.59 Å². The average molecular weight is 491 g/mol. The van der Waals surface area contributed by atoms with E-state index in [1.165, 1.54) is 30.4 Å². The molecule has 0 bridgehead atoms. The first-order valence-corrected chi connectivity index (χ1v) is 12.5. The Bertz CT molecular complexity index is 1310. The van der Waals surface area contributed by atoms with E-state index < -0.39 is 10.0 Å². The van der Waals surface area contributed by atoms with Gasteiger partial charge in [-0.05, 0) is 30.3 Å². The van der Waals surface area contributed by atoms with Gasteiger partial charge in [-0.2, -0.15) is 0 Å². The fourth-order valence-corrected chi connectivity index (χ4v) is 5.10. The van der Waals surface area contributed by atoms with E-state index >= 15 is 0 Å². The fraction of sp³-hybridized carbons (Fsp3) is 0.286. The molecule has 0 unspecified atom stereocenters. The second-order valence-corrected chi connectivity index (χ2v) is 10.0. The van der Waals surface area contributed by atoms with Crippen LogP contribution in [0, 0.1) is 0 Å². The Balaban J connectivity index is 1.33. The van der Waals surface area contributed by atoms with E-state index in [4.69, 9.17) is 9.47 Å². The van der Waals surface area contributed by atoms with Crippen LogP contribution in [-0.2, 0) is 19.6 Å². The number of carbonyl (C=O) groups excluding carboxylic acids is 2. The molecule has 0 aliphatic carbocycles. The minimum absolute atomic E-state index is 0.0355. The lowest BCUT2D eigenvalue weighted by molar-refractivity contribution is -0.116. The van der Waals surface area contributed by atoms with Crippen LogP contribution in [-0.4, -0.2) is 45.0 Å². The number of sulfonamides is 1. The second-order valence-electron chi connectivity index (χ2n) is 7.24. The number of nitrogens with zero attached hydrogens (tertiary/aromatic N) is 1. The third-order valence-electron chi connectivity index (χ3n) is 4.63. The van der Waals surface area contributed by atoms with Crippen molar-refractivity contribution in [3.63, 3.8) is 0 Å². The molecule has 1 aliphatic rings. The molecule has 2 amide bonds. The van der Waals surface area contributed by atoms with Crippen LogP contribution < -0.4 is 24.8 Å². The van der Waals surface area contributed by atoms with Gasteiger partial charge in [0, 0.05) is 38.1 Å². The summed E-state index contributed by atoms with van der Waals surface area (Å²) in [7, 11) is -3.82. The van der Waals surface area contributed by atoms with Crippen LogP contribution >= 0.6 is 11.3 Å². The maximum atomic E-state index is 12.6. The van der Waals surface area contributed by atoms with Crippen LogP contribution in [0.4, 0.5) is 10.8 Å². The smallest absolute Gasteiger partial charge is 0.240 e. The number of nitrogens with one attached hydrogen (secondary N) is 3. The molecule has 1 aromatic heterocycles. The molecule has 33 heavy (non-hydrogen) atoms. The van der Waals surface area contributed by atoms with Gasteiger partial charge < -0.3 is 20.1 Å². The first kappa shape index (κ1) is 23.0. The van der Waals surface area contributed by atoms with E-state index in [1.807, 2.05) is 0 Å². The van der Waals surface area contributed by atoms with Gasteiger partial charge in [0.1, 0.15) is 0 Å². The predicted octanol–water partition coefficient (Wildman–Crippen LogP) is 2.72. The van der Waals surface area contributed by atoms with Crippen molar-refractivity contribution in [1.82, 2.24) is 9.71 Å². The number of anilines is 2. The average Bonchev–Trinajstić information content (AvgIpc) is 2.99. The topological polar surface area (TPSA) is 136 Å². The molecule has 2 aromatic carbocycles. The largest absolute Gasteiger partial charge is 0.490 e. The minimum Gasteiger partial charge on any atom is -0.490 e. The molecule has 0 fully saturated rings. The van der Waals surface area contributed by atoms with E-state index in [2.05, 4.69) is 20.3 Å². The van der Waals surface area contributed by atoms with E-state index in [0.717, 1.165) is 11.1 Å². The number of fused-ring (bicyclic) bond motifs is 2. The van der Waals surface area contributed by atoms with E-state index in [0.29, 0.717) is 41.0 Å². The standard InChI is InChI=1S/C21H22N4O6S2/c1-13(26)23-14-3-5-16-19(11-14)32-21(24-16)25-20(27)7-8-22-33(28,29)15-4-6-17-18(12-15)31-10-2-9-30-17/h3-6,11-12,22H,2,7-10H2,1H3,(H,23,26)(H,24,25,27). The third kappa shape index (κ3) is 5.78. The van der Waals surface area contributed by atoms with Gasteiger partial charge in [0.25, 0.3) is 0 Å². The van der Waals surface area contributed by atoms with Crippen molar-refractivity contribution < 1.29 is 27.5 Å². The van der Waals surface area contributed by atoms with Gasteiger partial charge in [-0.25, -0.2) is 18.1 Å². The molecule has 4 rings (SSSR count). The maximum absolute atomic E-state index is 12.6. The van der Waals surface area contributed by atoms with Crippen LogP contribution in [0.5, 0.6) is 11.5 Å². The van der Waals surface area contributed by atoms with Crippen LogP contribution in [0.1, 0.15) is 19.8 Å². The zero-order chi connectivity index (χ0) is 23.4. The molecule has 0 atom stereocenters. The first-order valence-electron chi connectivity index (χ1n) is 10.2. The highest BCUT2D eigenvalue weighted by atomic mass is 32.2. The number of hydrogen-bond acceptors (Lipinski definition) is 8. The van der Waals surface area contributed by atoms with Gasteiger partial charge in [0.05, 0.1) is 28.3 Å². The summed E-state index contributed by atoms with van der Waals surface area (Å²) in [6, 6.07) is 9.66. The SMILES string of the molecule is CC(=O)Nc1ccc2nc(NC(=O)CCNS(=O)(=O)c3ccc4c(c3)OCCCO4)sc2c1. The Kier molecular flexibility index (Phi) is 6.77. The zero-order valence-corrected chi connectivity index (χ0v) is 19.3. The van der Waals surface area contributed by atoms with Crippen molar-refractivity contribution in [2.24, 2.45) is 0 Å². The number of hydrogen-bond donors (Lipinski definition) is 3. The second kappa shape index (κ2) is 9.73. The minimum atomic E-state index is -3.82. The van der Waals surface area contributed by atoms with Gasteiger partial charge in [-0.1, -0.05) is 11.3 Å². The fourth-order valence-electron chi connectivity index (χ4n) is 3.13. The van der Waals surface area contributed by atoms with Crippen LogP contribution in [0.15, 0.2) is 41.3 Å². The molecule has 1 aliphatic heterocycles. The van der Waals surface area contributed by atoms with Gasteiger partial charge in [0.15, 0.2) is 16.6 Å². The number of carbonyl (C=O) groups is 2. The summed E-state index contributed by atoms with van der Waals surface area (Å²) < 4.78 is 39.5. The van der Waals surface area contributed by atoms with Crippen molar-refractivity contribution >= 4 is 54.2 Å². The maximum Gasteiger partial charge on any atom is 0.240 e. The number of thiazole rings is 1. The van der Waals surface area contributed by atoms with E-state index in [-0.39, 0.29) is 29.7 Å². The summed E-state index contributed by atoms with van der Waals surface area (Å²) in [5, 5.41) is 5.76. The molecule has 0 saturated carbocycles. The van der Waals surface area contributed by atoms with Crippen molar-refractivity contribution in [3.8, 4) is 11.5 Å². The molecular weight excluding hydrogens is 468 g/mol. The summed E-state index contributed by atoms with van der Waals surface area (Å²) in [5.74, 6) is 0.329. The molecule has 0 spiro atoms. The Morgan fingerprint density at radius 1 is 1.06 bits per heavy atom. The van der Waals surface area contributed by atoms with Crippen molar-refractivity contribution in [3.05, 3.63) is 36.4 Å². The molecule has 2 heterocycles. The van der Waals surface area contributed by atoms with Crippen LogP contribution in [0.3, 0.4) is 0 Å². The Morgan fingerprint density at radius 3 is 2.64 bits per heavy atom. The lowest BCUT2D eigenvalue weighted by atomic mass is 10.3.